The molecule has 29 heavy (non-hydrogen) atoms. The largest absolute Gasteiger partial charge is 0.485 e. The van der Waals surface area contributed by atoms with Crippen molar-refractivity contribution in [1.29, 1.82) is 0 Å². The maximum absolute atomic E-state index is 14.3. The first-order chi connectivity index (χ1) is 14.2. The number of hydrogen-bond donors (Lipinski definition) is 1. The van der Waals surface area contributed by atoms with Gasteiger partial charge in [0.25, 0.3) is 0 Å². The van der Waals surface area contributed by atoms with Gasteiger partial charge < -0.3 is 15.0 Å². The second-order valence-electron chi connectivity index (χ2n) is 7.02. The second-order valence-corrected chi connectivity index (χ2v) is 7.02. The quantitative estimate of drug-likeness (QED) is 0.634. The normalized spacial score (nSPS) is 23.8. The molecule has 4 rings (SSSR count). The van der Waals surface area contributed by atoms with Crippen LogP contribution in [0.3, 0.4) is 0 Å². The number of fused-ring (bicyclic) bond motifs is 1. The van der Waals surface area contributed by atoms with E-state index in [1.54, 1.807) is 7.05 Å². The molecule has 2 aliphatic heterocycles. The number of amidine groups is 1. The van der Waals surface area contributed by atoms with Gasteiger partial charge >= 0.3 is 0 Å². The molecule has 0 radical (unpaired) electrons. The van der Waals surface area contributed by atoms with Crippen LogP contribution < -0.4 is 10.1 Å². The van der Waals surface area contributed by atoms with Crippen molar-refractivity contribution >= 4 is 16.7 Å². The molecule has 0 aliphatic carbocycles. The van der Waals surface area contributed by atoms with Gasteiger partial charge in [0.05, 0.1) is 0 Å². The Labute approximate surface area is 170 Å². The zero-order valence-corrected chi connectivity index (χ0v) is 16.7. The van der Waals surface area contributed by atoms with Gasteiger partial charge in [-0.1, -0.05) is 30.4 Å². The van der Waals surface area contributed by atoms with E-state index in [2.05, 4.69) is 10.3 Å². The van der Waals surface area contributed by atoms with Crippen molar-refractivity contribution in [3.05, 3.63) is 72.2 Å². The Bertz CT molecular complexity index is 1010. The lowest BCUT2D eigenvalue weighted by atomic mass is 10.1. The minimum Gasteiger partial charge on any atom is -0.485 e. The number of ether oxygens (including phenoxy) is 1. The summed E-state index contributed by atoms with van der Waals surface area (Å²) < 4.78 is 20.3. The van der Waals surface area contributed by atoms with Gasteiger partial charge in [-0.3, -0.25) is 4.99 Å². The molecule has 0 bridgehead atoms. The van der Waals surface area contributed by atoms with Crippen molar-refractivity contribution in [3.8, 4) is 5.75 Å². The number of allylic oxidation sites excluding steroid dienone is 4. The number of alkyl halides is 1. The summed E-state index contributed by atoms with van der Waals surface area (Å²) >= 11 is 0. The number of aromatic nitrogens is 1. The van der Waals surface area contributed by atoms with Crippen LogP contribution >= 0.6 is 0 Å². The van der Waals surface area contributed by atoms with E-state index in [1.807, 2.05) is 72.7 Å². The fraction of sp³-hybridized carbons (Fsp3) is 0.304. The number of halogens is 1. The maximum atomic E-state index is 14.3. The fourth-order valence-electron chi connectivity index (χ4n) is 3.66. The molecule has 0 spiro atoms. The van der Waals surface area contributed by atoms with Crippen LogP contribution in [0, 0.1) is 0 Å². The van der Waals surface area contributed by atoms with E-state index < -0.39 is 12.3 Å². The van der Waals surface area contributed by atoms with E-state index in [0.717, 1.165) is 34.7 Å². The highest BCUT2D eigenvalue weighted by Crippen LogP contribution is 2.28. The van der Waals surface area contributed by atoms with Crippen molar-refractivity contribution in [2.24, 2.45) is 4.99 Å². The van der Waals surface area contributed by atoms with E-state index in [4.69, 9.17) is 9.72 Å². The third kappa shape index (κ3) is 3.93. The van der Waals surface area contributed by atoms with E-state index in [9.17, 15) is 4.39 Å². The van der Waals surface area contributed by atoms with Gasteiger partial charge in [0.2, 0.25) is 0 Å². The average Bonchev–Trinajstić information content (AvgIpc) is 2.76. The zero-order valence-electron chi connectivity index (χ0n) is 16.7. The summed E-state index contributed by atoms with van der Waals surface area (Å²) in [5, 5.41) is 4.01. The molecule has 1 N–H and O–H groups in total. The molecule has 5 nitrogen and oxygen atoms in total. The van der Waals surface area contributed by atoms with Crippen molar-refractivity contribution in [2.75, 3.05) is 20.1 Å². The second kappa shape index (κ2) is 8.57. The molecule has 1 fully saturated rings. The predicted octanol–water partition coefficient (Wildman–Crippen LogP) is 3.98. The Morgan fingerprint density at radius 3 is 3.00 bits per heavy atom. The number of piperidine rings is 1. The molecular weight excluding hydrogens is 367 g/mol. The molecule has 2 aliphatic rings. The Morgan fingerprint density at radius 2 is 2.21 bits per heavy atom. The number of aliphatic imine (C=N–C) groups is 1. The number of rotatable bonds is 3. The van der Waals surface area contributed by atoms with Gasteiger partial charge in [-0.05, 0) is 44.2 Å². The average molecular weight is 392 g/mol. The molecule has 1 aromatic heterocycles. The lowest BCUT2D eigenvalue weighted by Crippen LogP contribution is -2.44. The van der Waals surface area contributed by atoms with Crippen LogP contribution in [0.2, 0.25) is 0 Å². The first-order valence-electron chi connectivity index (χ1n) is 9.90. The summed E-state index contributed by atoms with van der Waals surface area (Å²) in [5.41, 5.74) is 2.47. The third-order valence-electron chi connectivity index (χ3n) is 5.17. The highest BCUT2D eigenvalue weighted by atomic mass is 19.1. The summed E-state index contributed by atoms with van der Waals surface area (Å²) in [6, 6.07) is 9.72. The molecular formula is C23H25FN4O. The molecule has 1 saturated heterocycles. The Kier molecular flexibility index (Phi) is 5.71. The maximum Gasteiger partial charge on any atom is 0.158 e. The van der Waals surface area contributed by atoms with Gasteiger partial charge in [0.15, 0.2) is 5.84 Å². The number of nitrogens with one attached hydrogen (secondary N) is 1. The van der Waals surface area contributed by atoms with Crippen LogP contribution in [0.5, 0.6) is 5.75 Å². The number of para-hydroxylation sites is 1. The predicted molar refractivity (Wildman–Crippen MR) is 115 cm³/mol. The lowest BCUT2D eigenvalue weighted by Gasteiger charge is -2.28. The summed E-state index contributed by atoms with van der Waals surface area (Å²) in [6.45, 7) is 3.06. The molecule has 2 atom stereocenters. The molecule has 1 aromatic carbocycles. The molecule has 2 aromatic rings. The number of pyridine rings is 1. The topological polar surface area (TPSA) is 49.8 Å². The summed E-state index contributed by atoms with van der Waals surface area (Å²) in [4.78, 5) is 11.4. The van der Waals surface area contributed by atoms with Crippen LogP contribution in [-0.4, -0.2) is 48.1 Å². The fourth-order valence-corrected chi connectivity index (χ4v) is 3.66. The van der Waals surface area contributed by atoms with Gasteiger partial charge in [-0.2, -0.15) is 0 Å². The summed E-state index contributed by atoms with van der Waals surface area (Å²) in [7, 11) is 1.76. The number of benzene rings is 1. The molecule has 0 amide bonds. The smallest absolute Gasteiger partial charge is 0.158 e. The van der Waals surface area contributed by atoms with E-state index in [-0.39, 0.29) is 0 Å². The highest BCUT2D eigenvalue weighted by Gasteiger charge is 2.27. The molecule has 2 unspecified atom stereocenters. The van der Waals surface area contributed by atoms with Crippen molar-refractivity contribution in [3.63, 3.8) is 0 Å². The monoisotopic (exact) mass is 392 g/mol. The van der Waals surface area contributed by atoms with Crippen LogP contribution in [0.4, 0.5) is 4.39 Å². The first-order valence-corrected chi connectivity index (χ1v) is 9.90. The standard InChI is InChI=1S/C23H25FN4O/c1-3-17-8-4-5-14-28(17)23(25-2)19-11-10-16-7-6-9-21(22(16)27-19)29-20-12-13-26-15-18(20)24/h3-11,14,18,20,26H,12-13,15H2,1-2H3/b17-3-,25-23?. The minimum atomic E-state index is -1.03. The minimum absolute atomic E-state index is 0.321. The number of hydrogen-bond acceptors (Lipinski definition) is 4. The summed E-state index contributed by atoms with van der Waals surface area (Å²) in [6.07, 6.45) is 9.12. The lowest BCUT2D eigenvalue weighted by molar-refractivity contribution is 0.0742. The Morgan fingerprint density at radius 1 is 1.31 bits per heavy atom. The third-order valence-corrected chi connectivity index (χ3v) is 5.17. The van der Waals surface area contributed by atoms with Crippen LogP contribution in [0.1, 0.15) is 19.0 Å². The summed E-state index contributed by atoms with van der Waals surface area (Å²) in [5.74, 6) is 1.34. The molecule has 0 saturated carbocycles. The van der Waals surface area contributed by atoms with E-state index in [1.165, 1.54) is 0 Å². The molecule has 6 heteroatoms. The van der Waals surface area contributed by atoms with Gasteiger partial charge in [-0.15, -0.1) is 0 Å². The van der Waals surface area contributed by atoms with Crippen molar-refractivity contribution < 1.29 is 9.13 Å². The van der Waals surface area contributed by atoms with Crippen molar-refractivity contribution in [2.45, 2.75) is 25.6 Å². The first kappa shape index (κ1) is 19.3. The van der Waals surface area contributed by atoms with Gasteiger partial charge in [-0.25, -0.2) is 9.37 Å². The van der Waals surface area contributed by atoms with Gasteiger partial charge in [0.1, 0.15) is 29.2 Å². The van der Waals surface area contributed by atoms with Crippen LogP contribution in [0.15, 0.2) is 71.5 Å². The van der Waals surface area contributed by atoms with Crippen LogP contribution in [0.25, 0.3) is 10.9 Å². The zero-order chi connectivity index (χ0) is 20.2. The van der Waals surface area contributed by atoms with Gasteiger partial charge in [0, 0.05) is 30.9 Å². The van der Waals surface area contributed by atoms with Crippen LogP contribution in [-0.2, 0) is 0 Å². The molecule has 150 valence electrons. The molecule has 3 heterocycles. The number of nitrogens with zero attached hydrogens (tertiary/aromatic N) is 3. The Hall–Kier alpha value is -2.99. The Balaban J connectivity index is 1.71. The van der Waals surface area contributed by atoms with E-state index in [0.29, 0.717) is 18.7 Å². The van der Waals surface area contributed by atoms with E-state index >= 15 is 0 Å². The highest BCUT2D eigenvalue weighted by molar-refractivity contribution is 6.01. The SMILES string of the molecule is C/C=C1/C=CC=CN1C(=NC)c1ccc2cccc(OC3CCNCC3F)c2n1. The van der Waals surface area contributed by atoms with Crippen molar-refractivity contribution in [1.82, 2.24) is 15.2 Å².